The summed E-state index contributed by atoms with van der Waals surface area (Å²) in [6.07, 6.45) is 7.90. The molecule has 3 aromatic rings. The zero-order chi connectivity index (χ0) is 22.1. The number of rotatable bonds is 6. The van der Waals surface area contributed by atoms with Crippen LogP contribution >= 0.6 is 0 Å². The molecule has 1 aliphatic carbocycles. The summed E-state index contributed by atoms with van der Waals surface area (Å²) in [7, 11) is -3.56. The zero-order valence-electron chi connectivity index (χ0n) is 18.1. The fourth-order valence-electron chi connectivity index (χ4n) is 4.75. The summed E-state index contributed by atoms with van der Waals surface area (Å²) in [5.41, 5.74) is 1.78. The fraction of sp³-hybridized carbons (Fsp3) is 0.385. The molecule has 32 heavy (non-hydrogen) atoms. The third kappa shape index (κ3) is 4.56. The van der Waals surface area contributed by atoms with Crippen LogP contribution in [-0.2, 0) is 15.6 Å². The zero-order valence-corrected chi connectivity index (χ0v) is 18.9. The molecule has 0 unspecified atom stereocenters. The SMILES string of the molecule is O=C(c1ccc(CS(=O)(=O)c2cccc3cccnc23)cc1)N1CCC(CC2CC2)CC1. The molecule has 166 valence electrons. The van der Waals surface area contributed by atoms with E-state index in [4.69, 9.17) is 0 Å². The van der Waals surface area contributed by atoms with Crippen molar-refractivity contribution in [2.45, 2.75) is 42.8 Å². The number of sulfone groups is 1. The van der Waals surface area contributed by atoms with Gasteiger partial charge in [-0.25, -0.2) is 8.42 Å². The molecule has 2 heterocycles. The molecule has 5 nitrogen and oxygen atoms in total. The number of hydrogen-bond acceptors (Lipinski definition) is 4. The molecule has 0 spiro atoms. The Hall–Kier alpha value is -2.73. The summed E-state index contributed by atoms with van der Waals surface area (Å²) in [5.74, 6) is 1.63. The van der Waals surface area contributed by atoms with E-state index in [1.54, 1.807) is 48.7 Å². The van der Waals surface area contributed by atoms with Gasteiger partial charge in [0.1, 0.15) is 0 Å². The van der Waals surface area contributed by atoms with Crippen LogP contribution < -0.4 is 0 Å². The van der Waals surface area contributed by atoms with Crippen molar-refractivity contribution >= 4 is 26.6 Å². The maximum Gasteiger partial charge on any atom is 0.253 e. The second-order valence-electron chi connectivity index (χ2n) is 9.20. The summed E-state index contributed by atoms with van der Waals surface area (Å²) >= 11 is 0. The van der Waals surface area contributed by atoms with Crippen molar-refractivity contribution in [3.05, 3.63) is 71.9 Å². The quantitative estimate of drug-likeness (QED) is 0.540. The molecule has 1 saturated heterocycles. The average Bonchev–Trinajstić information content (AvgIpc) is 3.63. The van der Waals surface area contributed by atoms with E-state index < -0.39 is 9.84 Å². The van der Waals surface area contributed by atoms with Crippen molar-refractivity contribution in [3.8, 4) is 0 Å². The van der Waals surface area contributed by atoms with Crippen LogP contribution in [0.4, 0.5) is 0 Å². The lowest BCUT2D eigenvalue weighted by molar-refractivity contribution is 0.0684. The first-order chi connectivity index (χ1) is 15.5. The molecule has 2 fully saturated rings. The van der Waals surface area contributed by atoms with Gasteiger partial charge in [-0.05, 0) is 60.9 Å². The van der Waals surface area contributed by atoms with Crippen LogP contribution in [0.3, 0.4) is 0 Å². The lowest BCUT2D eigenvalue weighted by Crippen LogP contribution is -2.38. The van der Waals surface area contributed by atoms with E-state index in [9.17, 15) is 13.2 Å². The number of fused-ring (bicyclic) bond motifs is 1. The third-order valence-electron chi connectivity index (χ3n) is 6.75. The molecule has 0 atom stereocenters. The van der Waals surface area contributed by atoms with Gasteiger partial charge in [-0.15, -0.1) is 0 Å². The number of benzene rings is 2. The molecule has 5 rings (SSSR count). The van der Waals surface area contributed by atoms with Crippen molar-refractivity contribution in [1.29, 1.82) is 0 Å². The Morgan fingerprint density at radius 3 is 2.31 bits per heavy atom. The third-order valence-corrected chi connectivity index (χ3v) is 8.47. The van der Waals surface area contributed by atoms with Crippen molar-refractivity contribution in [3.63, 3.8) is 0 Å². The summed E-state index contributed by atoms with van der Waals surface area (Å²) < 4.78 is 26.2. The summed E-state index contributed by atoms with van der Waals surface area (Å²) in [4.78, 5) is 19.4. The number of para-hydroxylation sites is 1. The highest BCUT2D eigenvalue weighted by atomic mass is 32.2. The van der Waals surface area contributed by atoms with Gasteiger partial charge < -0.3 is 4.90 Å². The van der Waals surface area contributed by atoms with Gasteiger partial charge in [0, 0.05) is 30.2 Å². The van der Waals surface area contributed by atoms with Crippen LogP contribution in [0, 0.1) is 11.8 Å². The van der Waals surface area contributed by atoms with Crippen LogP contribution in [0.5, 0.6) is 0 Å². The second kappa shape index (κ2) is 8.66. The molecule has 2 aliphatic rings. The molecule has 1 amide bonds. The molecular formula is C26H28N2O3S. The van der Waals surface area contributed by atoms with E-state index in [2.05, 4.69) is 4.98 Å². The normalized spacial score (nSPS) is 17.6. The Labute approximate surface area is 189 Å². The molecule has 1 aromatic heterocycles. The Balaban J connectivity index is 1.26. The van der Waals surface area contributed by atoms with Gasteiger partial charge in [0.25, 0.3) is 5.91 Å². The number of nitrogens with zero attached hydrogens (tertiary/aromatic N) is 2. The molecule has 2 aromatic carbocycles. The Morgan fingerprint density at radius 1 is 0.906 bits per heavy atom. The molecule has 0 N–H and O–H groups in total. The number of hydrogen-bond donors (Lipinski definition) is 0. The van der Waals surface area contributed by atoms with Crippen LogP contribution in [0.25, 0.3) is 10.9 Å². The minimum absolute atomic E-state index is 0.0440. The van der Waals surface area contributed by atoms with Gasteiger partial charge in [-0.3, -0.25) is 9.78 Å². The number of aromatic nitrogens is 1. The molecule has 1 saturated carbocycles. The topological polar surface area (TPSA) is 67.3 Å². The number of carbonyl (C=O) groups excluding carboxylic acids is 1. The summed E-state index contributed by atoms with van der Waals surface area (Å²) in [6.45, 7) is 1.64. The summed E-state index contributed by atoms with van der Waals surface area (Å²) in [5, 5.41) is 0.801. The van der Waals surface area contributed by atoms with E-state index in [1.165, 1.54) is 19.3 Å². The van der Waals surface area contributed by atoms with Gasteiger partial charge >= 0.3 is 0 Å². The van der Waals surface area contributed by atoms with Gasteiger partial charge in [-0.1, -0.05) is 43.2 Å². The Kier molecular flexibility index (Phi) is 5.72. The first-order valence-electron chi connectivity index (χ1n) is 11.4. The number of piperidine rings is 1. The molecule has 1 aliphatic heterocycles. The van der Waals surface area contributed by atoms with E-state index in [0.29, 0.717) is 16.6 Å². The van der Waals surface area contributed by atoms with Crippen molar-refractivity contribution in [2.24, 2.45) is 11.8 Å². The van der Waals surface area contributed by atoms with Gasteiger partial charge in [0.15, 0.2) is 9.84 Å². The number of carbonyl (C=O) groups is 1. The number of amides is 1. The van der Waals surface area contributed by atoms with Crippen LogP contribution in [0.1, 0.15) is 48.0 Å². The summed E-state index contributed by atoms with van der Waals surface area (Å²) in [6, 6.07) is 15.9. The highest BCUT2D eigenvalue weighted by Gasteiger charge is 2.29. The first-order valence-corrected chi connectivity index (χ1v) is 13.1. The van der Waals surface area contributed by atoms with Crippen molar-refractivity contribution in [1.82, 2.24) is 9.88 Å². The molecule has 0 bridgehead atoms. The predicted octanol–water partition coefficient (Wildman–Crippen LogP) is 4.86. The largest absolute Gasteiger partial charge is 0.339 e. The maximum atomic E-state index is 13.1. The molecular weight excluding hydrogens is 420 g/mol. The minimum Gasteiger partial charge on any atom is -0.339 e. The van der Waals surface area contributed by atoms with E-state index in [-0.39, 0.29) is 16.6 Å². The van der Waals surface area contributed by atoms with Gasteiger partial charge in [-0.2, -0.15) is 0 Å². The van der Waals surface area contributed by atoms with E-state index in [1.807, 2.05) is 17.0 Å². The van der Waals surface area contributed by atoms with Crippen LogP contribution in [-0.4, -0.2) is 37.3 Å². The van der Waals surface area contributed by atoms with E-state index in [0.717, 1.165) is 43.2 Å². The van der Waals surface area contributed by atoms with Crippen LogP contribution in [0.2, 0.25) is 0 Å². The van der Waals surface area contributed by atoms with Crippen LogP contribution in [0.15, 0.2) is 65.7 Å². The minimum atomic E-state index is -3.56. The Bertz CT molecular complexity index is 1220. The molecule has 0 radical (unpaired) electrons. The van der Waals surface area contributed by atoms with Crippen molar-refractivity contribution < 1.29 is 13.2 Å². The highest BCUT2D eigenvalue weighted by Crippen LogP contribution is 2.38. The lowest BCUT2D eigenvalue weighted by Gasteiger charge is -2.32. The number of pyridine rings is 1. The standard InChI is InChI=1S/C26H28N2O3S/c29-26(28-15-12-20(13-16-28)17-19-6-7-19)23-10-8-21(9-11-23)18-32(30,31)24-5-1-3-22-4-2-14-27-25(22)24/h1-5,8-11,14,19-20H,6-7,12-13,15-18H2. The maximum absolute atomic E-state index is 13.1. The smallest absolute Gasteiger partial charge is 0.253 e. The van der Waals surface area contributed by atoms with Crippen molar-refractivity contribution in [2.75, 3.05) is 13.1 Å². The monoisotopic (exact) mass is 448 g/mol. The second-order valence-corrected chi connectivity index (χ2v) is 11.2. The predicted molar refractivity (Wildman–Crippen MR) is 125 cm³/mol. The fourth-order valence-corrected chi connectivity index (χ4v) is 6.29. The first kappa shape index (κ1) is 21.1. The Morgan fingerprint density at radius 2 is 1.59 bits per heavy atom. The van der Waals surface area contributed by atoms with E-state index >= 15 is 0 Å². The number of likely N-dealkylation sites (tertiary alicyclic amines) is 1. The average molecular weight is 449 g/mol. The highest BCUT2D eigenvalue weighted by molar-refractivity contribution is 7.90. The van der Waals surface area contributed by atoms with Gasteiger partial charge in [0.2, 0.25) is 0 Å². The molecule has 6 heteroatoms. The lowest BCUT2D eigenvalue weighted by atomic mass is 9.91. The van der Waals surface area contributed by atoms with Gasteiger partial charge in [0.05, 0.1) is 16.2 Å².